The molecule has 1 heterocycles. The van der Waals surface area contributed by atoms with E-state index >= 15 is 0 Å². The second-order valence-electron chi connectivity index (χ2n) is 4.63. The van der Waals surface area contributed by atoms with Crippen LogP contribution in [-0.4, -0.2) is 48.1 Å². The highest BCUT2D eigenvalue weighted by Crippen LogP contribution is 2.25. The largest absolute Gasteiger partial charge is 0.298 e. The van der Waals surface area contributed by atoms with E-state index in [9.17, 15) is 0 Å². The van der Waals surface area contributed by atoms with Crippen molar-refractivity contribution >= 4 is 0 Å². The van der Waals surface area contributed by atoms with Gasteiger partial charge in [-0.15, -0.1) is 6.58 Å². The van der Waals surface area contributed by atoms with Gasteiger partial charge in [0, 0.05) is 38.3 Å². The van der Waals surface area contributed by atoms with Crippen LogP contribution in [0.4, 0.5) is 0 Å². The maximum absolute atomic E-state index is 3.86. The first-order valence-corrected chi connectivity index (χ1v) is 5.92. The van der Waals surface area contributed by atoms with Crippen molar-refractivity contribution < 1.29 is 0 Å². The van der Waals surface area contributed by atoms with Crippen LogP contribution in [0.15, 0.2) is 12.7 Å². The van der Waals surface area contributed by atoms with Crippen LogP contribution in [0.3, 0.4) is 0 Å². The summed E-state index contributed by atoms with van der Waals surface area (Å²) in [4.78, 5) is 5.21. The smallest absolute Gasteiger partial charge is 0.0248 e. The summed E-state index contributed by atoms with van der Waals surface area (Å²) in [5, 5.41) is 0. The molecular weight excluding hydrogens is 172 g/mol. The van der Waals surface area contributed by atoms with Crippen LogP contribution in [0.5, 0.6) is 0 Å². The van der Waals surface area contributed by atoms with Gasteiger partial charge >= 0.3 is 0 Å². The van der Waals surface area contributed by atoms with E-state index in [0.29, 0.717) is 6.04 Å². The van der Waals surface area contributed by atoms with Gasteiger partial charge in [0.15, 0.2) is 0 Å². The molecule has 1 saturated heterocycles. The summed E-state index contributed by atoms with van der Waals surface area (Å²) in [5.41, 5.74) is 0. The van der Waals surface area contributed by atoms with E-state index in [1.807, 2.05) is 0 Å². The van der Waals surface area contributed by atoms with Gasteiger partial charge in [0.1, 0.15) is 0 Å². The van der Waals surface area contributed by atoms with Crippen molar-refractivity contribution in [3.05, 3.63) is 12.7 Å². The predicted octanol–water partition coefficient (Wildman–Crippen LogP) is 1.73. The van der Waals surface area contributed by atoms with Gasteiger partial charge in [0.2, 0.25) is 0 Å². The lowest BCUT2D eigenvalue weighted by Gasteiger charge is -2.44. The van der Waals surface area contributed by atoms with Crippen LogP contribution < -0.4 is 0 Å². The van der Waals surface area contributed by atoms with Crippen molar-refractivity contribution in [1.82, 2.24) is 9.80 Å². The molecule has 0 radical (unpaired) electrons. The Morgan fingerprint density at radius 3 is 2.29 bits per heavy atom. The van der Waals surface area contributed by atoms with Crippen LogP contribution in [0.25, 0.3) is 0 Å². The molecule has 0 aromatic rings. The highest BCUT2D eigenvalue weighted by atomic mass is 15.3. The summed E-state index contributed by atoms with van der Waals surface area (Å²) in [7, 11) is 0. The van der Waals surface area contributed by atoms with Crippen LogP contribution in [0.2, 0.25) is 0 Å². The predicted molar refractivity (Wildman–Crippen MR) is 60.4 cm³/mol. The summed E-state index contributed by atoms with van der Waals surface area (Å²) in [6.07, 6.45) is 6.39. The standard InChI is InChI=1S/C12H22N2/c1-3-11(2)13-7-9-14(10-8-13)12-5-4-6-12/h3,11-12H,1,4-10H2,2H3. The SMILES string of the molecule is C=CC(C)N1CCN(C2CCC2)CC1. The Hall–Kier alpha value is -0.340. The van der Waals surface area contributed by atoms with Crippen LogP contribution in [0.1, 0.15) is 26.2 Å². The lowest BCUT2D eigenvalue weighted by atomic mass is 9.91. The average Bonchev–Trinajstić information content (AvgIpc) is 2.15. The molecule has 1 unspecified atom stereocenters. The van der Waals surface area contributed by atoms with E-state index in [2.05, 4.69) is 29.4 Å². The molecule has 1 aliphatic heterocycles. The normalized spacial score (nSPS) is 28.4. The summed E-state index contributed by atoms with van der Waals surface area (Å²) in [6, 6.07) is 1.48. The molecule has 2 heteroatoms. The lowest BCUT2D eigenvalue weighted by Crippen LogP contribution is -2.53. The summed E-state index contributed by atoms with van der Waals surface area (Å²) < 4.78 is 0. The van der Waals surface area contributed by atoms with E-state index < -0.39 is 0 Å². The monoisotopic (exact) mass is 194 g/mol. The van der Waals surface area contributed by atoms with Gasteiger partial charge in [-0.25, -0.2) is 0 Å². The summed E-state index contributed by atoms with van der Waals surface area (Å²) in [5.74, 6) is 0. The molecule has 1 aliphatic carbocycles. The van der Waals surface area contributed by atoms with E-state index in [1.165, 1.54) is 45.4 Å². The number of nitrogens with zero attached hydrogens (tertiary/aromatic N) is 2. The highest BCUT2D eigenvalue weighted by molar-refractivity contribution is 4.89. The Balaban J connectivity index is 1.76. The van der Waals surface area contributed by atoms with Crippen molar-refractivity contribution in [3.8, 4) is 0 Å². The van der Waals surface area contributed by atoms with Crippen molar-refractivity contribution in [2.24, 2.45) is 0 Å². The summed E-state index contributed by atoms with van der Waals surface area (Å²) in [6.45, 7) is 11.1. The van der Waals surface area contributed by atoms with Gasteiger partial charge in [-0.2, -0.15) is 0 Å². The van der Waals surface area contributed by atoms with Crippen LogP contribution >= 0.6 is 0 Å². The maximum atomic E-state index is 3.86. The van der Waals surface area contributed by atoms with Crippen molar-refractivity contribution in [2.75, 3.05) is 26.2 Å². The number of hydrogen-bond donors (Lipinski definition) is 0. The Bertz CT molecular complexity index is 190. The van der Waals surface area contributed by atoms with Crippen molar-refractivity contribution in [3.63, 3.8) is 0 Å². The number of piperazine rings is 1. The second-order valence-corrected chi connectivity index (χ2v) is 4.63. The van der Waals surface area contributed by atoms with Gasteiger partial charge in [-0.1, -0.05) is 12.5 Å². The van der Waals surface area contributed by atoms with Crippen LogP contribution in [-0.2, 0) is 0 Å². The molecule has 2 rings (SSSR count). The minimum Gasteiger partial charge on any atom is -0.298 e. The van der Waals surface area contributed by atoms with Gasteiger partial charge in [0.25, 0.3) is 0 Å². The molecule has 14 heavy (non-hydrogen) atoms. The van der Waals surface area contributed by atoms with Crippen molar-refractivity contribution in [1.29, 1.82) is 0 Å². The fraction of sp³-hybridized carbons (Fsp3) is 0.833. The van der Waals surface area contributed by atoms with Gasteiger partial charge in [-0.3, -0.25) is 9.80 Å². The van der Waals surface area contributed by atoms with Gasteiger partial charge in [-0.05, 0) is 19.8 Å². The molecule has 1 atom stereocenters. The Labute approximate surface area is 87.6 Å². The fourth-order valence-corrected chi connectivity index (χ4v) is 2.41. The van der Waals surface area contributed by atoms with E-state index in [4.69, 9.17) is 0 Å². The van der Waals surface area contributed by atoms with Gasteiger partial charge in [0.05, 0.1) is 0 Å². The molecule has 0 spiro atoms. The molecule has 1 saturated carbocycles. The van der Waals surface area contributed by atoms with E-state index in [1.54, 1.807) is 0 Å². The molecule has 80 valence electrons. The zero-order valence-electron chi connectivity index (χ0n) is 9.28. The van der Waals surface area contributed by atoms with Crippen molar-refractivity contribution in [2.45, 2.75) is 38.3 Å². The third-order valence-corrected chi connectivity index (χ3v) is 3.86. The molecule has 2 fully saturated rings. The van der Waals surface area contributed by atoms with E-state index in [0.717, 1.165) is 6.04 Å². The first kappa shape index (κ1) is 10.2. The Morgan fingerprint density at radius 1 is 1.21 bits per heavy atom. The molecule has 0 aromatic heterocycles. The number of hydrogen-bond acceptors (Lipinski definition) is 2. The third kappa shape index (κ3) is 2.01. The molecule has 2 aliphatic rings. The lowest BCUT2D eigenvalue weighted by molar-refractivity contribution is 0.0539. The number of rotatable bonds is 3. The Kier molecular flexibility index (Phi) is 3.24. The Morgan fingerprint density at radius 2 is 1.86 bits per heavy atom. The molecular formula is C12H22N2. The molecule has 0 N–H and O–H groups in total. The fourth-order valence-electron chi connectivity index (χ4n) is 2.41. The topological polar surface area (TPSA) is 6.48 Å². The average molecular weight is 194 g/mol. The zero-order valence-corrected chi connectivity index (χ0v) is 9.28. The second kappa shape index (κ2) is 4.45. The molecule has 0 amide bonds. The minimum atomic E-state index is 0.554. The molecule has 0 bridgehead atoms. The first-order chi connectivity index (χ1) is 6.81. The molecule has 0 aromatic carbocycles. The highest BCUT2D eigenvalue weighted by Gasteiger charge is 2.28. The summed E-state index contributed by atoms with van der Waals surface area (Å²) >= 11 is 0. The molecule has 2 nitrogen and oxygen atoms in total. The van der Waals surface area contributed by atoms with Crippen LogP contribution in [0, 0.1) is 0 Å². The minimum absolute atomic E-state index is 0.554. The van der Waals surface area contributed by atoms with E-state index in [-0.39, 0.29) is 0 Å². The zero-order chi connectivity index (χ0) is 9.97. The van der Waals surface area contributed by atoms with Gasteiger partial charge < -0.3 is 0 Å². The first-order valence-electron chi connectivity index (χ1n) is 5.92. The third-order valence-electron chi connectivity index (χ3n) is 3.86. The quantitative estimate of drug-likeness (QED) is 0.631. The maximum Gasteiger partial charge on any atom is 0.0248 e.